The molecule has 0 unspecified atom stereocenters. The maximum Gasteiger partial charge on any atom is 0.150 e. The second-order valence-corrected chi connectivity index (χ2v) is 3.87. The van der Waals surface area contributed by atoms with Crippen LogP contribution in [0.25, 0.3) is 5.57 Å². The summed E-state index contributed by atoms with van der Waals surface area (Å²) in [5.41, 5.74) is 2.67. The Hall–Kier alpha value is -1.54. The van der Waals surface area contributed by atoms with E-state index >= 15 is 0 Å². The van der Waals surface area contributed by atoms with Crippen LogP contribution in [0.5, 0.6) is 0 Å². The Labute approximate surface area is 115 Å². The van der Waals surface area contributed by atoms with Crippen molar-refractivity contribution in [3.63, 3.8) is 0 Å². The minimum atomic E-state index is 0.698. The molecule has 0 aliphatic carbocycles. The number of aldehydes is 1. The highest BCUT2D eigenvalue weighted by molar-refractivity contribution is 7.84. The Morgan fingerprint density at radius 3 is 2.39 bits per heavy atom. The summed E-state index contributed by atoms with van der Waals surface area (Å²) in [4.78, 5) is 11.6. The molecular weight excluding hydrogens is 240 g/mol. The number of rotatable bonds is 4. The van der Waals surface area contributed by atoms with E-state index in [4.69, 9.17) is 0 Å². The average molecular weight is 260 g/mol. The molecular formula is C16H20OS. The van der Waals surface area contributed by atoms with Crippen molar-refractivity contribution >= 4 is 24.5 Å². The molecule has 0 N–H and O–H groups in total. The van der Waals surface area contributed by atoms with Crippen LogP contribution in [-0.4, -0.2) is 6.29 Å². The Bertz CT molecular complexity index is 456. The van der Waals surface area contributed by atoms with Crippen molar-refractivity contribution in [1.29, 1.82) is 0 Å². The standard InChI is InChI=1S/C14H14OS.C2H6/c1-3-13(16)9-8-11(2)14-7-5-4-6-12(14)10-15;1-2/h3-10,16H,1H2,2H3;1-2H3/b11-8+,13-9+;. The van der Waals surface area contributed by atoms with Gasteiger partial charge in [-0.05, 0) is 24.1 Å². The molecule has 0 aliphatic rings. The second-order valence-electron chi connectivity index (χ2n) is 3.35. The Morgan fingerprint density at radius 2 is 1.83 bits per heavy atom. The summed E-state index contributed by atoms with van der Waals surface area (Å²) < 4.78 is 0. The Kier molecular flexibility index (Phi) is 8.67. The summed E-state index contributed by atoms with van der Waals surface area (Å²) in [5, 5.41) is 0. The van der Waals surface area contributed by atoms with Crippen molar-refractivity contribution in [1.82, 2.24) is 0 Å². The van der Waals surface area contributed by atoms with Crippen molar-refractivity contribution < 1.29 is 4.79 Å². The van der Waals surface area contributed by atoms with Crippen molar-refractivity contribution in [3.8, 4) is 0 Å². The highest BCUT2D eigenvalue weighted by Crippen LogP contribution is 2.18. The lowest BCUT2D eigenvalue weighted by Gasteiger charge is -2.03. The molecule has 0 spiro atoms. The van der Waals surface area contributed by atoms with Crippen molar-refractivity contribution in [2.24, 2.45) is 0 Å². The minimum Gasteiger partial charge on any atom is -0.298 e. The quantitative estimate of drug-likeness (QED) is 0.461. The predicted octanol–water partition coefficient (Wildman–Crippen LogP) is 4.93. The largest absolute Gasteiger partial charge is 0.298 e. The van der Waals surface area contributed by atoms with Crippen molar-refractivity contribution in [2.45, 2.75) is 20.8 Å². The number of carbonyl (C=O) groups excluding carboxylic acids is 1. The number of benzene rings is 1. The molecule has 0 radical (unpaired) electrons. The zero-order chi connectivity index (χ0) is 14.0. The molecule has 0 saturated carbocycles. The fourth-order valence-corrected chi connectivity index (χ4v) is 1.40. The van der Waals surface area contributed by atoms with Gasteiger partial charge in [-0.2, -0.15) is 0 Å². The first-order valence-corrected chi connectivity index (χ1v) is 6.38. The van der Waals surface area contributed by atoms with Crippen LogP contribution in [0.1, 0.15) is 36.7 Å². The molecule has 18 heavy (non-hydrogen) atoms. The van der Waals surface area contributed by atoms with Crippen LogP contribution >= 0.6 is 12.6 Å². The van der Waals surface area contributed by atoms with E-state index in [9.17, 15) is 4.79 Å². The second kappa shape index (κ2) is 9.49. The van der Waals surface area contributed by atoms with Gasteiger partial charge in [-0.25, -0.2) is 0 Å². The zero-order valence-corrected chi connectivity index (χ0v) is 12.1. The fourth-order valence-electron chi connectivity index (χ4n) is 1.33. The lowest BCUT2D eigenvalue weighted by molar-refractivity contribution is 0.112. The molecule has 2 heteroatoms. The number of hydrogen-bond acceptors (Lipinski definition) is 2. The van der Waals surface area contributed by atoms with Crippen molar-refractivity contribution in [3.05, 3.63) is 65.1 Å². The van der Waals surface area contributed by atoms with E-state index in [0.29, 0.717) is 5.56 Å². The molecule has 0 fully saturated rings. The van der Waals surface area contributed by atoms with Gasteiger partial charge < -0.3 is 0 Å². The summed E-state index contributed by atoms with van der Waals surface area (Å²) in [7, 11) is 0. The van der Waals surface area contributed by atoms with Gasteiger partial charge in [0, 0.05) is 10.5 Å². The number of carbonyl (C=O) groups is 1. The topological polar surface area (TPSA) is 17.1 Å². The van der Waals surface area contributed by atoms with Crippen LogP contribution in [-0.2, 0) is 0 Å². The maximum atomic E-state index is 10.9. The van der Waals surface area contributed by atoms with E-state index in [1.54, 1.807) is 12.1 Å². The van der Waals surface area contributed by atoms with Crippen LogP contribution < -0.4 is 0 Å². The molecule has 0 amide bonds. The molecule has 0 bridgehead atoms. The summed E-state index contributed by atoms with van der Waals surface area (Å²) >= 11 is 4.19. The highest BCUT2D eigenvalue weighted by atomic mass is 32.1. The summed E-state index contributed by atoms with van der Waals surface area (Å²) in [6.45, 7) is 9.58. The Morgan fingerprint density at radius 1 is 1.22 bits per heavy atom. The molecule has 96 valence electrons. The van der Waals surface area contributed by atoms with Crippen LogP contribution in [0.2, 0.25) is 0 Å². The van der Waals surface area contributed by atoms with Gasteiger partial charge in [0.05, 0.1) is 0 Å². The van der Waals surface area contributed by atoms with E-state index in [1.807, 2.05) is 51.1 Å². The van der Waals surface area contributed by atoms with Gasteiger partial charge in [-0.15, -0.1) is 12.6 Å². The molecule has 0 aromatic heterocycles. The van der Waals surface area contributed by atoms with E-state index in [0.717, 1.165) is 22.3 Å². The lowest BCUT2D eigenvalue weighted by atomic mass is 10.0. The van der Waals surface area contributed by atoms with E-state index in [-0.39, 0.29) is 0 Å². The molecule has 1 nitrogen and oxygen atoms in total. The van der Waals surface area contributed by atoms with Gasteiger partial charge in [0.2, 0.25) is 0 Å². The zero-order valence-electron chi connectivity index (χ0n) is 11.2. The smallest absolute Gasteiger partial charge is 0.150 e. The molecule has 0 saturated heterocycles. The third-order valence-electron chi connectivity index (χ3n) is 2.23. The van der Waals surface area contributed by atoms with Crippen LogP contribution in [0, 0.1) is 0 Å². The first-order chi connectivity index (χ1) is 8.69. The summed E-state index contributed by atoms with van der Waals surface area (Å²) in [5.74, 6) is 0. The van der Waals surface area contributed by atoms with Crippen LogP contribution in [0.15, 0.2) is 54.0 Å². The Balaban J connectivity index is 0.00000137. The van der Waals surface area contributed by atoms with Crippen LogP contribution in [0.4, 0.5) is 0 Å². The molecule has 0 heterocycles. The molecule has 1 rings (SSSR count). The van der Waals surface area contributed by atoms with Gasteiger partial charge in [0.1, 0.15) is 0 Å². The fraction of sp³-hybridized carbons (Fsp3) is 0.188. The SMILES string of the molecule is C=C/C(S)=C\C=C(/C)c1ccccc1C=O.CC. The summed E-state index contributed by atoms with van der Waals surface area (Å²) in [6, 6.07) is 7.50. The lowest BCUT2D eigenvalue weighted by Crippen LogP contribution is -1.88. The molecule has 1 aromatic carbocycles. The maximum absolute atomic E-state index is 10.9. The van der Waals surface area contributed by atoms with Gasteiger partial charge in [-0.3, -0.25) is 4.79 Å². The normalized spacial score (nSPS) is 11.3. The first-order valence-electron chi connectivity index (χ1n) is 5.93. The molecule has 0 atom stereocenters. The van der Waals surface area contributed by atoms with Gasteiger partial charge in [0.15, 0.2) is 6.29 Å². The predicted molar refractivity (Wildman–Crippen MR) is 84.1 cm³/mol. The number of thiol groups is 1. The number of hydrogen-bond donors (Lipinski definition) is 1. The highest BCUT2D eigenvalue weighted by Gasteiger charge is 2.00. The molecule has 1 aromatic rings. The molecule has 0 aliphatic heterocycles. The monoisotopic (exact) mass is 260 g/mol. The third kappa shape index (κ3) is 5.19. The van der Waals surface area contributed by atoms with Gasteiger partial charge in [-0.1, -0.05) is 56.8 Å². The van der Waals surface area contributed by atoms with E-state index in [1.165, 1.54) is 0 Å². The van der Waals surface area contributed by atoms with Crippen molar-refractivity contribution in [2.75, 3.05) is 0 Å². The summed E-state index contributed by atoms with van der Waals surface area (Å²) in [6.07, 6.45) is 6.31. The third-order valence-corrected chi connectivity index (χ3v) is 2.56. The van der Waals surface area contributed by atoms with Gasteiger partial charge >= 0.3 is 0 Å². The minimum absolute atomic E-state index is 0.698. The first kappa shape index (κ1) is 16.5. The van der Waals surface area contributed by atoms with Gasteiger partial charge in [0.25, 0.3) is 0 Å². The van der Waals surface area contributed by atoms with E-state index < -0.39 is 0 Å². The number of allylic oxidation sites excluding steroid dienone is 4. The van der Waals surface area contributed by atoms with Crippen LogP contribution in [0.3, 0.4) is 0 Å². The average Bonchev–Trinajstić information content (AvgIpc) is 2.46. The van der Waals surface area contributed by atoms with E-state index in [2.05, 4.69) is 19.2 Å².